The molecule has 19 heavy (non-hydrogen) atoms. The van der Waals surface area contributed by atoms with E-state index in [1.807, 2.05) is 0 Å². The number of nitrogens with zero attached hydrogens (tertiary/aromatic N) is 1. The highest BCUT2D eigenvalue weighted by Gasteiger charge is 2.32. The number of amides is 1. The van der Waals surface area contributed by atoms with E-state index in [9.17, 15) is 18.0 Å². The lowest BCUT2D eigenvalue weighted by molar-refractivity contribution is -0.274. The van der Waals surface area contributed by atoms with Gasteiger partial charge in [0.1, 0.15) is 12.3 Å². The molecule has 5 nitrogen and oxygen atoms in total. The van der Waals surface area contributed by atoms with E-state index < -0.39 is 12.1 Å². The van der Waals surface area contributed by atoms with Crippen molar-refractivity contribution in [3.8, 4) is 5.75 Å². The quantitative estimate of drug-likeness (QED) is 0.843. The normalized spacial score (nSPS) is 14.6. The first-order valence-corrected chi connectivity index (χ1v) is 5.93. The number of carbonyl (C=O) groups excluding carboxylic acids is 1. The zero-order chi connectivity index (χ0) is 13.8. The Morgan fingerprint density at radius 1 is 1.42 bits per heavy atom. The summed E-state index contributed by atoms with van der Waals surface area (Å²) in [6.45, 7) is -0.00862. The molecule has 9 heteroatoms. The van der Waals surface area contributed by atoms with E-state index in [0.717, 1.165) is 17.4 Å². The molecule has 0 saturated heterocycles. The van der Waals surface area contributed by atoms with Crippen molar-refractivity contribution in [1.82, 2.24) is 4.57 Å². The van der Waals surface area contributed by atoms with Crippen molar-refractivity contribution in [3.63, 3.8) is 0 Å². The van der Waals surface area contributed by atoms with Crippen LogP contribution in [0.3, 0.4) is 0 Å². The predicted molar refractivity (Wildman–Crippen MR) is 61.0 cm³/mol. The molecular formula is C10H6F3N3O2S. The van der Waals surface area contributed by atoms with Crippen LogP contribution in [0.4, 0.5) is 18.9 Å². The third kappa shape index (κ3) is 2.05. The Balaban J connectivity index is 2.22. The number of ether oxygens (including phenoxy) is 1. The maximum Gasteiger partial charge on any atom is 0.573 e. The second-order valence-electron chi connectivity index (χ2n) is 3.91. The summed E-state index contributed by atoms with van der Waals surface area (Å²) in [5, 5.41) is 10.2. The van der Waals surface area contributed by atoms with Gasteiger partial charge in [-0.05, 0) is 0 Å². The number of rotatable bonds is 1. The smallest absolute Gasteiger partial charge is 0.406 e. The van der Waals surface area contributed by atoms with Gasteiger partial charge in [0.05, 0.1) is 15.9 Å². The monoisotopic (exact) mass is 289 g/mol. The SMILES string of the molecule is N=c1sc2cc(OC(F)(F)F)cc3c2n1CC(=O)N3. The van der Waals surface area contributed by atoms with Crippen LogP contribution in [0, 0.1) is 5.41 Å². The van der Waals surface area contributed by atoms with Crippen molar-refractivity contribution in [1.29, 1.82) is 5.41 Å². The van der Waals surface area contributed by atoms with E-state index in [1.54, 1.807) is 0 Å². The van der Waals surface area contributed by atoms with Gasteiger partial charge in [0.2, 0.25) is 5.91 Å². The van der Waals surface area contributed by atoms with Gasteiger partial charge in [0.15, 0.2) is 4.80 Å². The summed E-state index contributed by atoms with van der Waals surface area (Å²) in [6.07, 6.45) is -4.80. The second kappa shape index (κ2) is 3.73. The molecule has 0 fully saturated rings. The van der Waals surface area contributed by atoms with Gasteiger partial charge in [-0.15, -0.1) is 13.2 Å². The predicted octanol–water partition coefficient (Wildman–Crippen LogP) is 2.03. The number of alkyl halides is 3. The number of aromatic nitrogens is 1. The Bertz CT molecular complexity index is 747. The van der Waals surface area contributed by atoms with Crippen molar-refractivity contribution >= 4 is 33.1 Å². The highest BCUT2D eigenvalue weighted by molar-refractivity contribution is 7.16. The lowest BCUT2D eigenvalue weighted by Crippen LogP contribution is -2.28. The minimum absolute atomic E-state index is 0.00862. The Hall–Kier alpha value is -2.03. The number of halogens is 3. The number of hydrogen-bond acceptors (Lipinski definition) is 4. The first kappa shape index (κ1) is 12.0. The molecule has 2 heterocycles. The molecule has 0 unspecified atom stereocenters. The first-order chi connectivity index (χ1) is 8.83. The van der Waals surface area contributed by atoms with Crippen LogP contribution in [-0.4, -0.2) is 16.8 Å². The van der Waals surface area contributed by atoms with Crippen LogP contribution in [0.5, 0.6) is 5.75 Å². The fraction of sp³-hybridized carbons (Fsp3) is 0.200. The highest BCUT2D eigenvalue weighted by atomic mass is 32.1. The topological polar surface area (TPSA) is 67.1 Å². The molecule has 1 aromatic heterocycles. The molecule has 1 amide bonds. The lowest BCUT2D eigenvalue weighted by Gasteiger charge is -2.17. The van der Waals surface area contributed by atoms with Gasteiger partial charge in [0, 0.05) is 12.1 Å². The molecule has 0 saturated carbocycles. The minimum Gasteiger partial charge on any atom is -0.406 e. The van der Waals surface area contributed by atoms with Gasteiger partial charge in [-0.25, -0.2) is 0 Å². The summed E-state index contributed by atoms with van der Waals surface area (Å²) in [6, 6.07) is 2.32. The van der Waals surface area contributed by atoms with Crippen LogP contribution in [0.1, 0.15) is 0 Å². The van der Waals surface area contributed by atoms with Crippen molar-refractivity contribution in [2.24, 2.45) is 0 Å². The number of thiazole rings is 1. The third-order valence-electron chi connectivity index (χ3n) is 2.58. The summed E-state index contributed by atoms with van der Waals surface area (Å²) in [7, 11) is 0. The number of anilines is 1. The molecule has 1 aliphatic heterocycles. The summed E-state index contributed by atoms with van der Waals surface area (Å²) in [4.78, 5) is 11.5. The number of carbonyl (C=O) groups is 1. The van der Waals surface area contributed by atoms with Gasteiger partial charge >= 0.3 is 6.36 Å². The minimum atomic E-state index is -4.80. The second-order valence-corrected chi connectivity index (χ2v) is 4.94. The van der Waals surface area contributed by atoms with Crippen molar-refractivity contribution < 1.29 is 22.7 Å². The van der Waals surface area contributed by atoms with Crippen LogP contribution >= 0.6 is 11.3 Å². The zero-order valence-corrected chi connectivity index (χ0v) is 9.98. The number of nitrogens with one attached hydrogen (secondary N) is 2. The van der Waals surface area contributed by atoms with E-state index in [-0.39, 0.29) is 22.9 Å². The van der Waals surface area contributed by atoms with Gasteiger partial charge in [0.25, 0.3) is 0 Å². The summed E-state index contributed by atoms with van der Waals surface area (Å²) in [5.41, 5.74) is 0.770. The molecule has 2 aromatic rings. The molecular weight excluding hydrogens is 283 g/mol. The Kier molecular flexibility index (Phi) is 2.36. The molecule has 1 aliphatic rings. The molecule has 0 bridgehead atoms. The van der Waals surface area contributed by atoms with E-state index in [2.05, 4.69) is 10.1 Å². The fourth-order valence-electron chi connectivity index (χ4n) is 1.97. The summed E-state index contributed by atoms with van der Waals surface area (Å²) in [5.74, 6) is -0.791. The van der Waals surface area contributed by atoms with Crippen LogP contribution in [0.25, 0.3) is 10.2 Å². The zero-order valence-electron chi connectivity index (χ0n) is 9.17. The molecule has 0 aliphatic carbocycles. The van der Waals surface area contributed by atoms with Crippen LogP contribution in [-0.2, 0) is 11.3 Å². The lowest BCUT2D eigenvalue weighted by atomic mass is 10.2. The van der Waals surface area contributed by atoms with E-state index in [1.165, 1.54) is 10.6 Å². The van der Waals surface area contributed by atoms with E-state index in [0.29, 0.717) is 10.2 Å². The summed E-state index contributed by atoms with van der Waals surface area (Å²) >= 11 is 0.990. The van der Waals surface area contributed by atoms with E-state index >= 15 is 0 Å². The van der Waals surface area contributed by atoms with Crippen LogP contribution in [0.2, 0.25) is 0 Å². The van der Waals surface area contributed by atoms with Crippen LogP contribution in [0.15, 0.2) is 12.1 Å². The standard InChI is InChI=1S/C10H6F3N3O2S/c11-10(12,13)18-4-1-5-8-6(2-4)19-9(14)16(8)3-7(17)15-5/h1-2,14H,3H2,(H,15,17). The average molecular weight is 289 g/mol. The first-order valence-electron chi connectivity index (χ1n) is 5.11. The third-order valence-corrected chi connectivity index (χ3v) is 3.52. The summed E-state index contributed by atoms with van der Waals surface area (Å²) < 4.78 is 42.4. The van der Waals surface area contributed by atoms with Crippen molar-refractivity contribution in [2.75, 3.05) is 5.32 Å². The average Bonchev–Trinajstić information content (AvgIpc) is 2.53. The fourth-order valence-corrected chi connectivity index (χ4v) is 2.94. The van der Waals surface area contributed by atoms with Crippen molar-refractivity contribution in [3.05, 3.63) is 16.9 Å². The molecule has 100 valence electrons. The van der Waals surface area contributed by atoms with Gasteiger partial charge in [-0.3, -0.25) is 10.2 Å². The van der Waals surface area contributed by atoms with Gasteiger partial charge in [-0.1, -0.05) is 11.3 Å². The Morgan fingerprint density at radius 2 is 2.16 bits per heavy atom. The van der Waals surface area contributed by atoms with Gasteiger partial charge < -0.3 is 14.6 Å². The molecule has 0 radical (unpaired) electrons. The number of hydrogen-bond donors (Lipinski definition) is 2. The van der Waals surface area contributed by atoms with Crippen LogP contribution < -0.4 is 14.9 Å². The Labute approximate surface area is 107 Å². The van der Waals surface area contributed by atoms with Gasteiger partial charge in [-0.2, -0.15) is 0 Å². The van der Waals surface area contributed by atoms with Crippen molar-refractivity contribution in [2.45, 2.75) is 12.9 Å². The molecule has 2 N–H and O–H groups in total. The molecule has 0 spiro atoms. The highest BCUT2D eigenvalue weighted by Crippen LogP contribution is 2.35. The maximum atomic E-state index is 12.2. The number of benzene rings is 1. The van der Waals surface area contributed by atoms with E-state index in [4.69, 9.17) is 5.41 Å². The molecule has 3 rings (SSSR count). The molecule has 0 atom stereocenters. The maximum absolute atomic E-state index is 12.2. The molecule has 1 aromatic carbocycles. The largest absolute Gasteiger partial charge is 0.573 e. The Morgan fingerprint density at radius 3 is 2.84 bits per heavy atom.